The fraction of sp³-hybridized carbons (Fsp3) is 0.250. The van der Waals surface area contributed by atoms with Crippen LogP contribution in [0.4, 0.5) is 5.82 Å². The second kappa shape index (κ2) is 3.71. The Bertz CT molecular complexity index is 245. The smallest absolute Gasteiger partial charge is 0.129 e. The number of rotatable bonds is 3. The maximum atomic E-state index is 4.14. The summed E-state index contributed by atoms with van der Waals surface area (Å²) in [5, 5.41) is 3.07. The lowest BCUT2D eigenvalue weighted by Crippen LogP contribution is -2.01. The Morgan fingerprint density at radius 3 is 3.18 bits per heavy atom. The van der Waals surface area contributed by atoms with Crippen LogP contribution in [0.5, 0.6) is 0 Å². The molecule has 0 spiro atoms. The van der Waals surface area contributed by atoms with Gasteiger partial charge in [0.05, 0.1) is 0 Å². The van der Waals surface area contributed by atoms with Crippen LogP contribution >= 0.6 is 0 Å². The van der Waals surface area contributed by atoms with Crippen LogP contribution in [0, 0.1) is 6.92 Å². The summed E-state index contributed by atoms with van der Waals surface area (Å²) < 4.78 is 0. The molecule has 0 aromatic carbocycles. The number of anilines is 1. The standard InChI is InChI=1S/C8H11N3/c1-3-5-10-8-4-6-9-7(2)11-8/h3-4,6H,1,5H2,2H3,(H,9,10,11). The van der Waals surface area contributed by atoms with Crippen molar-refractivity contribution in [1.82, 2.24) is 9.97 Å². The van der Waals surface area contributed by atoms with Gasteiger partial charge in [0.25, 0.3) is 0 Å². The molecule has 3 heteroatoms. The van der Waals surface area contributed by atoms with Crippen molar-refractivity contribution in [1.29, 1.82) is 0 Å². The van der Waals surface area contributed by atoms with Crippen LogP contribution in [-0.2, 0) is 0 Å². The Labute approximate surface area is 66.2 Å². The highest BCUT2D eigenvalue weighted by Gasteiger charge is 1.90. The summed E-state index contributed by atoms with van der Waals surface area (Å²) in [7, 11) is 0. The van der Waals surface area contributed by atoms with Crippen LogP contribution in [-0.4, -0.2) is 16.5 Å². The lowest BCUT2D eigenvalue weighted by Gasteiger charge is -2.00. The Hall–Kier alpha value is -1.38. The van der Waals surface area contributed by atoms with E-state index in [1.54, 1.807) is 12.3 Å². The second-order valence-corrected chi connectivity index (χ2v) is 2.16. The summed E-state index contributed by atoms with van der Waals surface area (Å²) in [6, 6.07) is 1.83. The predicted molar refractivity (Wildman–Crippen MR) is 45.5 cm³/mol. The van der Waals surface area contributed by atoms with Crippen molar-refractivity contribution in [3.05, 3.63) is 30.7 Å². The van der Waals surface area contributed by atoms with Crippen LogP contribution in [0.1, 0.15) is 5.82 Å². The van der Waals surface area contributed by atoms with Crippen LogP contribution in [0.2, 0.25) is 0 Å². The van der Waals surface area contributed by atoms with E-state index in [1.807, 2.05) is 13.0 Å². The summed E-state index contributed by atoms with van der Waals surface area (Å²) in [6.07, 6.45) is 3.52. The molecule has 0 amide bonds. The Kier molecular flexibility index (Phi) is 2.60. The van der Waals surface area contributed by atoms with Crippen molar-refractivity contribution in [3.63, 3.8) is 0 Å². The highest BCUT2D eigenvalue weighted by atomic mass is 15.0. The molecule has 0 atom stereocenters. The first kappa shape index (κ1) is 7.72. The van der Waals surface area contributed by atoms with Gasteiger partial charge < -0.3 is 5.32 Å². The molecule has 0 radical (unpaired) electrons. The van der Waals surface area contributed by atoms with E-state index < -0.39 is 0 Å². The molecule has 3 nitrogen and oxygen atoms in total. The van der Waals surface area contributed by atoms with E-state index in [9.17, 15) is 0 Å². The third kappa shape index (κ3) is 2.37. The SMILES string of the molecule is C=CCNc1ccnc(C)n1. The highest BCUT2D eigenvalue weighted by molar-refractivity contribution is 5.33. The van der Waals surface area contributed by atoms with Gasteiger partial charge in [-0.15, -0.1) is 6.58 Å². The second-order valence-electron chi connectivity index (χ2n) is 2.16. The average Bonchev–Trinajstić information content (AvgIpc) is 2.01. The minimum absolute atomic E-state index is 0.733. The molecule has 11 heavy (non-hydrogen) atoms. The zero-order valence-corrected chi connectivity index (χ0v) is 6.54. The van der Waals surface area contributed by atoms with Gasteiger partial charge >= 0.3 is 0 Å². The Morgan fingerprint density at radius 1 is 1.73 bits per heavy atom. The maximum absolute atomic E-state index is 4.14. The van der Waals surface area contributed by atoms with Crippen LogP contribution < -0.4 is 5.32 Å². The minimum atomic E-state index is 0.733. The lowest BCUT2D eigenvalue weighted by molar-refractivity contribution is 1.04. The topological polar surface area (TPSA) is 37.8 Å². The number of hydrogen-bond donors (Lipinski definition) is 1. The first-order valence-corrected chi connectivity index (χ1v) is 3.47. The number of nitrogens with zero attached hydrogens (tertiary/aromatic N) is 2. The molecule has 58 valence electrons. The Morgan fingerprint density at radius 2 is 2.55 bits per heavy atom. The molecule has 0 saturated carbocycles. The molecule has 1 N–H and O–H groups in total. The molecule has 0 bridgehead atoms. The van der Waals surface area contributed by atoms with Gasteiger partial charge in [0.15, 0.2) is 0 Å². The normalized spacial score (nSPS) is 9.18. The monoisotopic (exact) mass is 149 g/mol. The molecule has 1 heterocycles. The molecule has 0 saturated heterocycles. The first-order valence-electron chi connectivity index (χ1n) is 3.47. The van der Waals surface area contributed by atoms with E-state index in [4.69, 9.17) is 0 Å². The van der Waals surface area contributed by atoms with Crippen molar-refractivity contribution < 1.29 is 0 Å². The summed E-state index contributed by atoms with van der Waals surface area (Å²) >= 11 is 0. The van der Waals surface area contributed by atoms with E-state index in [-0.39, 0.29) is 0 Å². The molecule has 1 rings (SSSR count). The van der Waals surface area contributed by atoms with Gasteiger partial charge in [-0.1, -0.05) is 6.08 Å². The van der Waals surface area contributed by atoms with Gasteiger partial charge in [-0.3, -0.25) is 0 Å². The fourth-order valence-corrected chi connectivity index (χ4v) is 0.731. The van der Waals surface area contributed by atoms with Gasteiger partial charge in [0, 0.05) is 12.7 Å². The van der Waals surface area contributed by atoms with Crippen molar-refractivity contribution in [2.75, 3.05) is 11.9 Å². The zero-order valence-electron chi connectivity index (χ0n) is 6.54. The van der Waals surface area contributed by atoms with Gasteiger partial charge in [-0.2, -0.15) is 0 Å². The number of aryl methyl sites for hydroxylation is 1. The van der Waals surface area contributed by atoms with Gasteiger partial charge in [0.2, 0.25) is 0 Å². The fourth-order valence-electron chi connectivity index (χ4n) is 0.731. The van der Waals surface area contributed by atoms with E-state index in [0.29, 0.717) is 0 Å². The third-order valence-corrected chi connectivity index (χ3v) is 1.20. The molecule has 0 unspecified atom stereocenters. The van der Waals surface area contributed by atoms with Crippen molar-refractivity contribution in [3.8, 4) is 0 Å². The maximum Gasteiger partial charge on any atom is 0.129 e. The van der Waals surface area contributed by atoms with Crippen LogP contribution in [0.25, 0.3) is 0 Å². The van der Waals surface area contributed by atoms with Crippen molar-refractivity contribution in [2.45, 2.75) is 6.92 Å². The zero-order chi connectivity index (χ0) is 8.10. The number of nitrogens with one attached hydrogen (secondary N) is 1. The quantitative estimate of drug-likeness (QED) is 0.660. The van der Waals surface area contributed by atoms with E-state index in [2.05, 4.69) is 21.9 Å². The molecule has 1 aromatic rings. The molecule has 0 aliphatic carbocycles. The summed E-state index contributed by atoms with van der Waals surface area (Å²) in [6.45, 7) is 6.19. The molecule has 0 fully saturated rings. The predicted octanol–water partition coefficient (Wildman–Crippen LogP) is 1.38. The van der Waals surface area contributed by atoms with E-state index >= 15 is 0 Å². The molecule has 0 aliphatic rings. The Balaban J connectivity index is 2.63. The van der Waals surface area contributed by atoms with Crippen LogP contribution in [0.15, 0.2) is 24.9 Å². The summed E-state index contributed by atoms with van der Waals surface area (Å²) in [4.78, 5) is 8.11. The van der Waals surface area contributed by atoms with E-state index in [1.165, 1.54) is 0 Å². The molecule has 1 aromatic heterocycles. The van der Waals surface area contributed by atoms with Crippen molar-refractivity contribution >= 4 is 5.82 Å². The van der Waals surface area contributed by atoms with Crippen LogP contribution in [0.3, 0.4) is 0 Å². The number of aromatic nitrogens is 2. The van der Waals surface area contributed by atoms with Gasteiger partial charge in [-0.05, 0) is 13.0 Å². The minimum Gasteiger partial charge on any atom is -0.367 e. The van der Waals surface area contributed by atoms with Gasteiger partial charge in [-0.25, -0.2) is 9.97 Å². The van der Waals surface area contributed by atoms with E-state index in [0.717, 1.165) is 18.2 Å². The molecular weight excluding hydrogens is 138 g/mol. The number of hydrogen-bond acceptors (Lipinski definition) is 3. The summed E-state index contributed by atoms with van der Waals surface area (Å²) in [5.74, 6) is 1.62. The lowest BCUT2D eigenvalue weighted by atomic mass is 10.5. The average molecular weight is 149 g/mol. The molecular formula is C8H11N3. The largest absolute Gasteiger partial charge is 0.367 e. The molecule has 0 aliphatic heterocycles. The third-order valence-electron chi connectivity index (χ3n) is 1.20. The van der Waals surface area contributed by atoms with Gasteiger partial charge in [0.1, 0.15) is 11.6 Å². The van der Waals surface area contributed by atoms with Crippen molar-refractivity contribution in [2.24, 2.45) is 0 Å². The summed E-state index contributed by atoms with van der Waals surface area (Å²) in [5.41, 5.74) is 0. The highest BCUT2D eigenvalue weighted by Crippen LogP contribution is 1.99. The first-order chi connectivity index (χ1) is 5.33.